The highest BCUT2D eigenvalue weighted by Crippen LogP contribution is 2.32. The zero-order valence-corrected chi connectivity index (χ0v) is 18.0. The predicted octanol–water partition coefficient (Wildman–Crippen LogP) is 4.91. The molecular weight excluding hydrogens is 368 g/mol. The molecule has 2 atom stereocenters. The second-order valence-electron chi connectivity index (χ2n) is 8.05. The van der Waals surface area contributed by atoms with E-state index in [9.17, 15) is 0 Å². The Labute approximate surface area is 180 Å². The Morgan fingerprint density at radius 2 is 1.63 bits per heavy atom. The molecule has 1 fully saturated rings. The maximum Gasteiger partial charge on any atom is 0.123 e. The van der Waals surface area contributed by atoms with Crippen LogP contribution in [0.25, 0.3) is 0 Å². The molecule has 1 aliphatic heterocycles. The maximum absolute atomic E-state index is 5.62. The number of hydrogen-bond donors (Lipinski definition) is 2. The second kappa shape index (κ2) is 9.92. The van der Waals surface area contributed by atoms with Crippen LogP contribution in [0.2, 0.25) is 0 Å². The number of hydrogen-bond acceptors (Lipinski definition) is 3. The molecule has 3 aromatic rings. The molecule has 156 valence electrons. The molecule has 4 rings (SSSR count). The van der Waals surface area contributed by atoms with Crippen LogP contribution >= 0.6 is 0 Å². The third-order valence-electron chi connectivity index (χ3n) is 6.25. The topological polar surface area (TPSA) is 33.3 Å². The van der Waals surface area contributed by atoms with Crippen molar-refractivity contribution in [3.8, 4) is 5.75 Å². The van der Waals surface area contributed by atoms with Gasteiger partial charge in [0.1, 0.15) is 5.75 Å². The number of ether oxygens (including phenoxy) is 1. The van der Waals surface area contributed by atoms with E-state index in [-0.39, 0.29) is 0 Å². The van der Waals surface area contributed by atoms with Crippen LogP contribution in [0.15, 0.2) is 78.9 Å². The van der Waals surface area contributed by atoms with Gasteiger partial charge in [-0.3, -0.25) is 0 Å². The Hall–Kier alpha value is -2.62. The van der Waals surface area contributed by atoms with Crippen molar-refractivity contribution >= 4 is 0 Å². The maximum atomic E-state index is 5.62. The van der Waals surface area contributed by atoms with Crippen molar-refractivity contribution in [1.82, 2.24) is 10.6 Å². The molecule has 3 nitrogen and oxygen atoms in total. The van der Waals surface area contributed by atoms with Crippen molar-refractivity contribution in [2.75, 3.05) is 13.7 Å². The summed E-state index contributed by atoms with van der Waals surface area (Å²) in [6, 6.07) is 29.0. The minimum atomic E-state index is 0.316. The van der Waals surface area contributed by atoms with E-state index in [1.807, 2.05) is 0 Å². The fourth-order valence-electron chi connectivity index (χ4n) is 4.67. The Morgan fingerprint density at radius 1 is 0.967 bits per heavy atom. The van der Waals surface area contributed by atoms with Gasteiger partial charge in [0, 0.05) is 30.1 Å². The normalized spacial score (nSPS) is 18.6. The van der Waals surface area contributed by atoms with Crippen LogP contribution in [0, 0.1) is 0 Å². The molecule has 0 aliphatic carbocycles. The standard InChI is InChI=1S/C27H32N2O/c1-3-20-14-15-25(30-2)23(18-20)19-29-24-16-17-28-27(24)26(21-10-6-4-7-11-21)22-12-8-5-9-13-22/h4-15,18,24,26-29H,3,16-17,19H2,1-2H3. The highest BCUT2D eigenvalue weighted by molar-refractivity contribution is 5.38. The molecule has 2 N–H and O–H groups in total. The van der Waals surface area contributed by atoms with Gasteiger partial charge in [-0.2, -0.15) is 0 Å². The minimum absolute atomic E-state index is 0.316. The Kier molecular flexibility index (Phi) is 6.83. The average molecular weight is 401 g/mol. The summed E-state index contributed by atoms with van der Waals surface area (Å²) in [5, 5.41) is 7.65. The van der Waals surface area contributed by atoms with Crippen molar-refractivity contribution in [3.63, 3.8) is 0 Å². The van der Waals surface area contributed by atoms with Crippen LogP contribution < -0.4 is 15.4 Å². The molecule has 0 radical (unpaired) electrons. The van der Waals surface area contributed by atoms with Gasteiger partial charge >= 0.3 is 0 Å². The van der Waals surface area contributed by atoms with Crippen LogP contribution in [0.5, 0.6) is 5.75 Å². The molecule has 0 amide bonds. The first kappa shape index (κ1) is 20.6. The van der Waals surface area contributed by atoms with Crippen LogP contribution in [0.4, 0.5) is 0 Å². The molecule has 0 saturated carbocycles. The van der Waals surface area contributed by atoms with Gasteiger partial charge in [0.2, 0.25) is 0 Å². The largest absolute Gasteiger partial charge is 0.496 e. The summed E-state index contributed by atoms with van der Waals surface area (Å²) in [5.41, 5.74) is 5.31. The fourth-order valence-corrected chi connectivity index (χ4v) is 4.67. The molecular formula is C27H32N2O. The number of rotatable bonds is 8. The molecule has 3 aromatic carbocycles. The third kappa shape index (κ3) is 4.58. The lowest BCUT2D eigenvalue weighted by Gasteiger charge is -2.30. The van der Waals surface area contributed by atoms with Gasteiger partial charge in [-0.15, -0.1) is 0 Å². The first-order valence-electron chi connectivity index (χ1n) is 11.0. The van der Waals surface area contributed by atoms with E-state index in [1.54, 1.807) is 7.11 Å². The third-order valence-corrected chi connectivity index (χ3v) is 6.25. The summed E-state index contributed by atoms with van der Waals surface area (Å²) >= 11 is 0. The summed E-state index contributed by atoms with van der Waals surface area (Å²) in [5.74, 6) is 1.28. The summed E-state index contributed by atoms with van der Waals surface area (Å²) in [4.78, 5) is 0. The van der Waals surface area contributed by atoms with Crippen molar-refractivity contribution in [3.05, 3.63) is 101 Å². The zero-order valence-electron chi connectivity index (χ0n) is 18.0. The summed E-state index contributed by atoms with van der Waals surface area (Å²) < 4.78 is 5.62. The smallest absolute Gasteiger partial charge is 0.123 e. The Bertz CT molecular complexity index is 887. The molecule has 30 heavy (non-hydrogen) atoms. The molecule has 1 saturated heterocycles. The summed E-state index contributed by atoms with van der Waals surface area (Å²) in [6.07, 6.45) is 2.16. The first-order valence-corrected chi connectivity index (χ1v) is 11.0. The molecule has 2 unspecified atom stereocenters. The minimum Gasteiger partial charge on any atom is -0.496 e. The molecule has 3 heteroatoms. The average Bonchev–Trinajstić information content (AvgIpc) is 3.27. The van der Waals surface area contributed by atoms with E-state index in [0.717, 1.165) is 31.7 Å². The SMILES string of the molecule is CCc1ccc(OC)c(CNC2CCNC2C(c2ccccc2)c2ccccc2)c1. The van der Waals surface area contributed by atoms with Crippen LogP contribution in [-0.2, 0) is 13.0 Å². The lowest BCUT2D eigenvalue weighted by molar-refractivity contribution is 0.393. The van der Waals surface area contributed by atoms with Gasteiger partial charge < -0.3 is 15.4 Å². The van der Waals surface area contributed by atoms with Crippen LogP contribution in [0.3, 0.4) is 0 Å². The van der Waals surface area contributed by atoms with Gasteiger partial charge in [0.25, 0.3) is 0 Å². The van der Waals surface area contributed by atoms with Crippen molar-refractivity contribution < 1.29 is 4.74 Å². The highest BCUT2D eigenvalue weighted by Gasteiger charge is 2.35. The number of methoxy groups -OCH3 is 1. The summed E-state index contributed by atoms with van der Waals surface area (Å²) in [6.45, 7) is 4.04. The molecule has 0 bridgehead atoms. The molecule has 1 heterocycles. The van der Waals surface area contributed by atoms with Crippen molar-refractivity contribution in [1.29, 1.82) is 0 Å². The van der Waals surface area contributed by atoms with Gasteiger partial charge in [-0.1, -0.05) is 79.7 Å². The summed E-state index contributed by atoms with van der Waals surface area (Å²) in [7, 11) is 1.76. The van der Waals surface area contributed by atoms with Crippen molar-refractivity contribution in [2.45, 2.75) is 44.3 Å². The van der Waals surface area contributed by atoms with Crippen LogP contribution in [0.1, 0.15) is 41.5 Å². The zero-order chi connectivity index (χ0) is 20.8. The molecule has 0 aromatic heterocycles. The van der Waals surface area contributed by atoms with E-state index in [0.29, 0.717) is 18.0 Å². The lowest BCUT2D eigenvalue weighted by Crippen LogP contribution is -2.44. The number of benzene rings is 3. The van der Waals surface area contributed by atoms with E-state index in [4.69, 9.17) is 4.74 Å². The molecule has 0 spiro atoms. The lowest BCUT2D eigenvalue weighted by atomic mass is 9.82. The Morgan fingerprint density at radius 3 is 2.23 bits per heavy atom. The van der Waals surface area contributed by atoms with Crippen LogP contribution in [-0.4, -0.2) is 25.7 Å². The highest BCUT2D eigenvalue weighted by atomic mass is 16.5. The quantitative estimate of drug-likeness (QED) is 0.564. The number of nitrogens with one attached hydrogen (secondary N) is 2. The predicted molar refractivity (Wildman–Crippen MR) is 124 cm³/mol. The molecule has 1 aliphatic rings. The van der Waals surface area contributed by atoms with Gasteiger partial charge in [0.05, 0.1) is 7.11 Å². The first-order chi connectivity index (χ1) is 14.8. The van der Waals surface area contributed by atoms with Gasteiger partial charge in [-0.05, 0) is 42.1 Å². The van der Waals surface area contributed by atoms with Gasteiger partial charge in [0.15, 0.2) is 0 Å². The van der Waals surface area contributed by atoms with Gasteiger partial charge in [-0.25, -0.2) is 0 Å². The van der Waals surface area contributed by atoms with E-state index in [1.165, 1.54) is 22.3 Å². The number of aryl methyl sites for hydroxylation is 1. The van der Waals surface area contributed by atoms with E-state index in [2.05, 4.69) is 96.4 Å². The van der Waals surface area contributed by atoms with Crippen molar-refractivity contribution in [2.24, 2.45) is 0 Å². The van der Waals surface area contributed by atoms with E-state index < -0.39 is 0 Å². The second-order valence-corrected chi connectivity index (χ2v) is 8.05. The Balaban J connectivity index is 1.57. The fraction of sp³-hybridized carbons (Fsp3) is 0.333. The van der Waals surface area contributed by atoms with E-state index >= 15 is 0 Å². The monoisotopic (exact) mass is 400 g/mol.